The number of aromatic nitrogens is 2. The quantitative estimate of drug-likeness (QED) is 0.425. The summed E-state index contributed by atoms with van der Waals surface area (Å²) in [5, 5.41) is 6.04. The molecule has 4 aromatic rings. The van der Waals surface area contributed by atoms with E-state index in [2.05, 4.69) is 20.6 Å². The number of fused-ring (bicyclic) bond motifs is 1. The molecule has 29 heavy (non-hydrogen) atoms. The Morgan fingerprint density at radius 3 is 2.48 bits per heavy atom. The van der Waals surface area contributed by atoms with Crippen molar-refractivity contribution in [2.75, 3.05) is 5.32 Å². The zero-order chi connectivity index (χ0) is 20.4. The summed E-state index contributed by atoms with van der Waals surface area (Å²) in [5.74, 6) is 0.586. The molecule has 5 nitrogen and oxygen atoms in total. The van der Waals surface area contributed by atoms with Crippen LogP contribution in [0, 0.1) is 13.8 Å². The highest BCUT2D eigenvalue weighted by atomic mass is 32.1. The van der Waals surface area contributed by atoms with E-state index in [1.54, 1.807) is 0 Å². The van der Waals surface area contributed by atoms with Gasteiger partial charge in [0.05, 0.1) is 11.0 Å². The van der Waals surface area contributed by atoms with Gasteiger partial charge in [-0.05, 0) is 74.1 Å². The lowest BCUT2D eigenvalue weighted by atomic mass is 10.1. The summed E-state index contributed by atoms with van der Waals surface area (Å²) in [6.07, 6.45) is 0. The number of amides is 1. The largest absolute Gasteiger partial charge is 0.338 e. The van der Waals surface area contributed by atoms with Crippen LogP contribution >= 0.6 is 12.2 Å². The third-order valence-corrected chi connectivity index (χ3v) is 4.86. The van der Waals surface area contributed by atoms with Crippen LogP contribution in [0.3, 0.4) is 0 Å². The molecule has 4 rings (SSSR count). The Hall–Kier alpha value is -3.51. The Kier molecular flexibility index (Phi) is 5.10. The van der Waals surface area contributed by atoms with Gasteiger partial charge in [0.1, 0.15) is 5.82 Å². The van der Waals surface area contributed by atoms with Gasteiger partial charge in [0.2, 0.25) is 0 Å². The van der Waals surface area contributed by atoms with Crippen molar-refractivity contribution < 1.29 is 4.79 Å². The number of aryl methyl sites for hydroxylation is 2. The van der Waals surface area contributed by atoms with E-state index in [0.717, 1.165) is 39.2 Å². The number of nitrogens with one attached hydrogen (secondary N) is 3. The number of H-pyrrole nitrogens is 1. The molecular formula is C23H20N4OS. The first-order valence-electron chi connectivity index (χ1n) is 9.24. The molecule has 0 aliphatic carbocycles. The maximum Gasteiger partial charge on any atom is 0.257 e. The van der Waals surface area contributed by atoms with Gasteiger partial charge in [-0.3, -0.25) is 10.1 Å². The monoisotopic (exact) mass is 400 g/mol. The topological polar surface area (TPSA) is 69.8 Å². The Labute approximate surface area is 174 Å². The summed E-state index contributed by atoms with van der Waals surface area (Å²) in [6.45, 7) is 3.91. The number of hydrogen-bond donors (Lipinski definition) is 3. The Balaban J connectivity index is 1.43. The van der Waals surface area contributed by atoms with E-state index in [9.17, 15) is 4.79 Å². The number of anilines is 1. The van der Waals surface area contributed by atoms with E-state index < -0.39 is 0 Å². The van der Waals surface area contributed by atoms with Gasteiger partial charge in [0.25, 0.3) is 5.91 Å². The van der Waals surface area contributed by atoms with E-state index in [0.29, 0.717) is 5.56 Å². The number of hydrogen-bond acceptors (Lipinski definition) is 3. The smallest absolute Gasteiger partial charge is 0.257 e. The average Bonchev–Trinajstić information content (AvgIpc) is 3.12. The fraction of sp³-hybridized carbons (Fsp3) is 0.0870. The van der Waals surface area contributed by atoms with Gasteiger partial charge in [-0.15, -0.1) is 0 Å². The van der Waals surface area contributed by atoms with Crippen LogP contribution < -0.4 is 10.6 Å². The van der Waals surface area contributed by atoms with Crippen LogP contribution in [-0.2, 0) is 0 Å². The number of benzene rings is 3. The van der Waals surface area contributed by atoms with Crippen molar-refractivity contribution in [3.63, 3.8) is 0 Å². The zero-order valence-corrected chi connectivity index (χ0v) is 16.9. The van der Waals surface area contributed by atoms with E-state index in [-0.39, 0.29) is 11.0 Å². The SMILES string of the molecule is Cc1ccc(C(=O)NC(=S)Nc2ccc(-c3nc4ccccc4[nH]3)cc2)c(C)c1. The van der Waals surface area contributed by atoms with E-state index >= 15 is 0 Å². The Bertz CT molecular complexity index is 1180. The molecule has 3 N–H and O–H groups in total. The van der Waals surface area contributed by atoms with Gasteiger partial charge in [-0.1, -0.05) is 29.8 Å². The summed E-state index contributed by atoms with van der Waals surface area (Å²) in [5.41, 5.74) is 6.33. The minimum Gasteiger partial charge on any atom is -0.338 e. The highest BCUT2D eigenvalue weighted by molar-refractivity contribution is 7.80. The molecule has 0 atom stereocenters. The van der Waals surface area contributed by atoms with Crippen LogP contribution in [0.15, 0.2) is 66.7 Å². The van der Waals surface area contributed by atoms with Crippen LogP contribution in [0.5, 0.6) is 0 Å². The summed E-state index contributed by atoms with van der Waals surface area (Å²) >= 11 is 5.29. The molecule has 0 aliphatic heterocycles. The van der Waals surface area contributed by atoms with Gasteiger partial charge in [0, 0.05) is 16.8 Å². The van der Waals surface area contributed by atoms with Crippen molar-refractivity contribution in [2.24, 2.45) is 0 Å². The van der Waals surface area contributed by atoms with Gasteiger partial charge in [-0.2, -0.15) is 0 Å². The number of nitrogens with zero attached hydrogens (tertiary/aromatic N) is 1. The third kappa shape index (κ3) is 4.17. The van der Waals surface area contributed by atoms with Gasteiger partial charge < -0.3 is 10.3 Å². The fourth-order valence-electron chi connectivity index (χ4n) is 3.20. The lowest BCUT2D eigenvalue weighted by Crippen LogP contribution is -2.34. The number of thiocarbonyl (C=S) groups is 1. The van der Waals surface area contributed by atoms with Crippen molar-refractivity contribution in [1.82, 2.24) is 15.3 Å². The number of imidazole rings is 1. The Morgan fingerprint density at radius 2 is 1.76 bits per heavy atom. The molecule has 0 spiro atoms. The van der Waals surface area contributed by atoms with Crippen molar-refractivity contribution in [2.45, 2.75) is 13.8 Å². The van der Waals surface area contributed by atoms with Crippen molar-refractivity contribution in [1.29, 1.82) is 0 Å². The van der Waals surface area contributed by atoms with Crippen LogP contribution in [0.4, 0.5) is 5.69 Å². The molecule has 1 heterocycles. The highest BCUT2D eigenvalue weighted by Gasteiger charge is 2.11. The molecule has 144 valence electrons. The second kappa shape index (κ2) is 7.85. The number of carbonyl (C=O) groups excluding carboxylic acids is 1. The van der Waals surface area contributed by atoms with Crippen LogP contribution in [0.1, 0.15) is 21.5 Å². The second-order valence-corrected chi connectivity index (χ2v) is 7.31. The fourth-order valence-corrected chi connectivity index (χ4v) is 3.41. The molecule has 0 unspecified atom stereocenters. The van der Waals surface area contributed by atoms with Gasteiger partial charge in [0.15, 0.2) is 5.11 Å². The molecule has 0 saturated carbocycles. The number of aromatic amines is 1. The van der Waals surface area contributed by atoms with Crippen LogP contribution in [0.2, 0.25) is 0 Å². The van der Waals surface area contributed by atoms with E-state index in [1.165, 1.54) is 0 Å². The summed E-state index contributed by atoms with van der Waals surface area (Å²) < 4.78 is 0. The highest BCUT2D eigenvalue weighted by Crippen LogP contribution is 2.22. The average molecular weight is 401 g/mol. The Morgan fingerprint density at radius 1 is 1.00 bits per heavy atom. The van der Waals surface area contributed by atoms with Crippen molar-refractivity contribution in [3.05, 3.63) is 83.4 Å². The molecule has 0 saturated heterocycles. The maximum atomic E-state index is 12.5. The molecule has 6 heteroatoms. The minimum atomic E-state index is -0.223. The number of carbonyl (C=O) groups is 1. The van der Waals surface area contributed by atoms with Crippen molar-refractivity contribution in [3.8, 4) is 11.4 Å². The molecule has 0 fully saturated rings. The number of rotatable bonds is 3. The second-order valence-electron chi connectivity index (χ2n) is 6.91. The molecule has 1 aromatic heterocycles. The normalized spacial score (nSPS) is 10.7. The zero-order valence-electron chi connectivity index (χ0n) is 16.1. The molecule has 3 aromatic carbocycles. The van der Waals surface area contributed by atoms with Crippen molar-refractivity contribution >= 4 is 40.0 Å². The third-order valence-electron chi connectivity index (χ3n) is 4.66. The summed E-state index contributed by atoms with van der Waals surface area (Å²) in [6, 6.07) is 21.3. The molecule has 0 bridgehead atoms. The van der Waals surface area contributed by atoms with Crippen LogP contribution in [-0.4, -0.2) is 21.0 Å². The molecule has 0 aliphatic rings. The lowest BCUT2D eigenvalue weighted by Gasteiger charge is -2.11. The molecular weight excluding hydrogens is 380 g/mol. The summed E-state index contributed by atoms with van der Waals surface area (Å²) in [4.78, 5) is 20.4. The van der Waals surface area contributed by atoms with E-state index in [4.69, 9.17) is 12.2 Å². The first-order valence-corrected chi connectivity index (χ1v) is 9.65. The predicted octanol–water partition coefficient (Wildman–Crippen LogP) is 4.97. The van der Waals surface area contributed by atoms with Gasteiger partial charge >= 0.3 is 0 Å². The standard InChI is InChI=1S/C23H20N4OS/c1-14-7-12-18(15(2)13-14)22(28)27-23(29)24-17-10-8-16(9-11-17)21-25-19-5-3-4-6-20(19)26-21/h3-13H,1-2H3,(H,25,26)(H2,24,27,28,29). The minimum absolute atomic E-state index is 0.223. The number of para-hydroxylation sites is 2. The first-order chi connectivity index (χ1) is 14.0. The summed E-state index contributed by atoms with van der Waals surface area (Å²) in [7, 11) is 0. The predicted molar refractivity (Wildman–Crippen MR) is 121 cm³/mol. The van der Waals surface area contributed by atoms with E-state index in [1.807, 2.05) is 80.6 Å². The van der Waals surface area contributed by atoms with Gasteiger partial charge in [-0.25, -0.2) is 4.98 Å². The maximum absolute atomic E-state index is 12.5. The van der Waals surface area contributed by atoms with Crippen LogP contribution in [0.25, 0.3) is 22.4 Å². The molecule has 0 radical (unpaired) electrons. The lowest BCUT2D eigenvalue weighted by molar-refractivity contribution is 0.0977. The molecule has 1 amide bonds. The first kappa shape index (κ1) is 18.8.